The molecule has 0 amide bonds. The molecule has 22 heavy (non-hydrogen) atoms. The van der Waals surface area contributed by atoms with Crippen molar-refractivity contribution in [2.24, 2.45) is 0 Å². The summed E-state index contributed by atoms with van der Waals surface area (Å²) < 4.78 is 49.4. The van der Waals surface area contributed by atoms with Crippen molar-refractivity contribution in [2.75, 3.05) is 11.5 Å². The lowest BCUT2D eigenvalue weighted by Gasteiger charge is -1.98. The summed E-state index contributed by atoms with van der Waals surface area (Å²) in [4.78, 5) is 9.24. The van der Waals surface area contributed by atoms with E-state index in [4.69, 9.17) is 11.5 Å². The molecule has 9 heteroatoms. The van der Waals surface area contributed by atoms with Crippen LogP contribution < -0.4 is 11.5 Å². The van der Waals surface area contributed by atoms with E-state index in [9.17, 15) is 27.7 Å². The van der Waals surface area contributed by atoms with Crippen LogP contribution in [0.25, 0.3) is 0 Å². The molecule has 0 aromatic heterocycles. The van der Waals surface area contributed by atoms with Crippen LogP contribution in [0.15, 0.2) is 24.3 Å². The molecule has 2 rings (SSSR count). The number of nitrogens with two attached hydrogens (primary N) is 2. The highest BCUT2D eigenvalue weighted by atomic mass is 19.2. The number of halogens is 4. The first-order valence-corrected chi connectivity index (χ1v) is 5.73. The average molecular weight is 319 g/mol. The van der Waals surface area contributed by atoms with Gasteiger partial charge in [-0.2, -0.15) is 0 Å². The van der Waals surface area contributed by atoms with E-state index < -0.39 is 33.9 Å². The van der Waals surface area contributed by atoms with E-state index >= 15 is 0 Å². The lowest BCUT2D eigenvalue weighted by Crippen LogP contribution is -1.98. The second kappa shape index (κ2) is 6.74. The Bertz CT molecular complexity index is 679. The number of benzene rings is 2. The predicted octanol–water partition coefficient (Wildman–Crippen LogP) is 3.56. The highest BCUT2D eigenvalue weighted by molar-refractivity contribution is 5.57. The minimum atomic E-state index is -1.28. The van der Waals surface area contributed by atoms with Crippen LogP contribution in [0.4, 0.5) is 34.6 Å². The van der Waals surface area contributed by atoms with Gasteiger partial charge in [0.05, 0.1) is 11.0 Å². The molecule has 0 radical (unpaired) electrons. The Hall–Kier alpha value is -2.84. The SMILES string of the molecule is Cc1cc(F)c(F)cc1N.Nc1cc(F)c(F)cc1[N+](=O)[O-].[HH]. The van der Waals surface area contributed by atoms with E-state index in [1.54, 1.807) is 6.92 Å². The van der Waals surface area contributed by atoms with Crippen molar-refractivity contribution in [3.8, 4) is 0 Å². The molecule has 0 aliphatic heterocycles. The third kappa shape index (κ3) is 4.08. The summed E-state index contributed by atoms with van der Waals surface area (Å²) in [5.41, 5.74) is 10.1. The van der Waals surface area contributed by atoms with Crippen LogP contribution in [-0.4, -0.2) is 4.92 Å². The van der Waals surface area contributed by atoms with Gasteiger partial charge in [0.1, 0.15) is 5.69 Å². The number of nitrogen functional groups attached to an aromatic ring is 2. The first-order chi connectivity index (χ1) is 10.1. The maximum Gasteiger partial charge on any atom is 0.295 e. The van der Waals surface area contributed by atoms with Gasteiger partial charge < -0.3 is 11.5 Å². The monoisotopic (exact) mass is 319 g/mol. The minimum Gasteiger partial charge on any atom is -0.398 e. The van der Waals surface area contributed by atoms with E-state index in [2.05, 4.69) is 0 Å². The lowest BCUT2D eigenvalue weighted by atomic mass is 10.2. The third-order valence-corrected chi connectivity index (χ3v) is 2.58. The van der Waals surface area contributed by atoms with Crippen molar-refractivity contribution in [2.45, 2.75) is 6.92 Å². The van der Waals surface area contributed by atoms with Gasteiger partial charge in [0.15, 0.2) is 23.3 Å². The van der Waals surface area contributed by atoms with Gasteiger partial charge in [0, 0.05) is 19.2 Å². The summed E-state index contributed by atoms with van der Waals surface area (Å²) in [5, 5.41) is 10.1. The number of nitro groups is 1. The van der Waals surface area contributed by atoms with Gasteiger partial charge in [-0.3, -0.25) is 10.1 Å². The van der Waals surface area contributed by atoms with Crippen molar-refractivity contribution in [1.29, 1.82) is 0 Å². The van der Waals surface area contributed by atoms with Gasteiger partial charge >= 0.3 is 0 Å². The molecule has 0 aliphatic carbocycles. The Kier molecular flexibility index (Phi) is 5.28. The largest absolute Gasteiger partial charge is 0.398 e. The van der Waals surface area contributed by atoms with Crippen molar-refractivity contribution >= 4 is 17.1 Å². The molecule has 0 saturated carbocycles. The zero-order chi connectivity index (χ0) is 17.0. The van der Waals surface area contributed by atoms with E-state index in [0.717, 1.165) is 12.1 Å². The lowest BCUT2D eigenvalue weighted by molar-refractivity contribution is -0.384. The van der Waals surface area contributed by atoms with E-state index in [0.29, 0.717) is 17.7 Å². The molecule has 0 saturated heterocycles. The number of rotatable bonds is 1. The second-order valence-electron chi connectivity index (χ2n) is 4.21. The molecule has 0 atom stereocenters. The maximum atomic E-state index is 12.4. The van der Waals surface area contributed by atoms with E-state index in [1.165, 1.54) is 0 Å². The second-order valence-corrected chi connectivity index (χ2v) is 4.21. The van der Waals surface area contributed by atoms with Crippen LogP contribution in [0, 0.1) is 40.3 Å². The standard InChI is InChI=1S/C7H7F2N.C6H4F2N2O2.H2/c1-4-2-5(8)6(9)3-7(4)10;7-3-1-5(9)6(10(11)12)2-4(3)8;/h2-3H,10H2,1H3;1-2H,9H2;1H. The molecule has 120 valence electrons. The van der Waals surface area contributed by atoms with Gasteiger partial charge in [0.25, 0.3) is 5.69 Å². The number of aryl methyl sites for hydroxylation is 1. The number of hydrogen-bond acceptors (Lipinski definition) is 4. The molecular formula is C13H13F4N3O2. The highest BCUT2D eigenvalue weighted by Gasteiger charge is 2.15. The zero-order valence-electron chi connectivity index (χ0n) is 11.2. The Balaban J connectivity index is 0.000000409. The van der Waals surface area contributed by atoms with Crippen LogP contribution in [0.5, 0.6) is 0 Å². The van der Waals surface area contributed by atoms with Crippen LogP contribution in [0.1, 0.15) is 6.99 Å². The Morgan fingerprint density at radius 2 is 1.32 bits per heavy atom. The molecule has 0 aliphatic rings. The van der Waals surface area contributed by atoms with Crippen LogP contribution in [0.2, 0.25) is 0 Å². The van der Waals surface area contributed by atoms with Gasteiger partial charge in [-0.05, 0) is 18.6 Å². The van der Waals surface area contributed by atoms with Crippen molar-refractivity contribution in [3.05, 3.63) is 63.2 Å². The fourth-order valence-electron chi connectivity index (χ4n) is 1.37. The molecule has 0 spiro atoms. The highest BCUT2D eigenvalue weighted by Crippen LogP contribution is 2.23. The fraction of sp³-hybridized carbons (Fsp3) is 0.0769. The number of hydrogen-bond donors (Lipinski definition) is 2. The molecule has 0 fully saturated rings. The number of anilines is 2. The summed E-state index contributed by atoms with van der Waals surface area (Å²) in [6.45, 7) is 1.62. The fourth-order valence-corrected chi connectivity index (χ4v) is 1.37. The molecule has 2 aromatic carbocycles. The average Bonchev–Trinajstić information content (AvgIpc) is 2.41. The molecule has 0 bridgehead atoms. The Morgan fingerprint density at radius 1 is 0.909 bits per heavy atom. The van der Waals surface area contributed by atoms with Crippen molar-refractivity contribution < 1.29 is 23.9 Å². The first kappa shape index (κ1) is 17.2. The van der Waals surface area contributed by atoms with E-state index in [1.807, 2.05) is 0 Å². The molecule has 4 N–H and O–H groups in total. The molecule has 0 unspecified atom stereocenters. The third-order valence-electron chi connectivity index (χ3n) is 2.58. The van der Waals surface area contributed by atoms with Gasteiger partial charge in [-0.25, -0.2) is 17.6 Å². The Morgan fingerprint density at radius 3 is 1.77 bits per heavy atom. The van der Waals surface area contributed by atoms with Gasteiger partial charge in [0.2, 0.25) is 0 Å². The maximum absolute atomic E-state index is 12.4. The Labute approximate surface area is 123 Å². The number of nitrogens with zero attached hydrogens (tertiary/aromatic N) is 1. The van der Waals surface area contributed by atoms with Gasteiger partial charge in [-0.1, -0.05) is 0 Å². The zero-order valence-corrected chi connectivity index (χ0v) is 11.2. The first-order valence-electron chi connectivity index (χ1n) is 5.73. The topological polar surface area (TPSA) is 95.2 Å². The van der Waals surface area contributed by atoms with Gasteiger partial charge in [-0.15, -0.1) is 0 Å². The number of nitro benzene ring substituents is 1. The summed E-state index contributed by atoms with van der Waals surface area (Å²) in [7, 11) is 0. The van der Waals surface area contributed by atoms with Crippen molar-refractivity contribution in [3.63, 3.8) is 0 Å². The predicted molar refractivity (Wildman–Crippen MR) is 75.0 cm³/mol. The molecule has 0 heterocycles. The summed E-state index contributed by atoms with van der Waals surface area (Å²) in [6.07, 6.45) is 0. The molecule has 2 aromatic rings. The molecule has 5 nitrogen and oxygen atoms in total. The summed E-state index contributed by atoms with van der Waals surface area (Å²) in [5.74, 6) is -4.23. The van der Waals surface area contributed by atoms with Crippen LogP contribution >= 0.6 is 0 Å². The smallest absolute Gasteiger partial charge is 0.295 e. The van der Waals surface area contributed by atoms with E-state index in [-0.39, 0.29) is 12.8 Å². The minimum absolute atomic E-state index is 0. The van der Waals surface area contributed by atoms with Crippen molar-refractivity contribution in [1.82, 2.24) is 0 Å². The normalized spacial score (nSPS) is 9.86. The van der Waals surface area contributed by atoms with Crippen LogP contribution in [-0.2, 0) is 0 Å². The summed E-state index contributed by atoms with van der Waals surface area (Å²) in [6, 6.07) is 3.08. The quantitative estimate of drug-likeness (QED) is 0.363. The summed E-state index contributed by atoms with van der Waals surface area (Å²) >= 11 is 0. The van der Waals surface area contributed by atoms with Crippen LogP contribution in [0.3, 0.4) is 0 Å². The molecular weight excluding hydrogens is 306 g/mol.